The lowest BCUT2D eigenvalue weighted by Crippen LogP contribution is -2.09. The SMILES string of the molecule is CN(C)c1cccc2c(SNCCCCCC(=O)c3cccc(Cl)c3)cccc12. The Hall–Kier alpha value is -2.01. The van der Waals surface area contributed by atoms with Gasteiger partial charge in [-0.15, -0.1) is 0 Å². The molecule has 0 atom stereocenters. The van der Waals surface area contributed by atoms with Crippen LogP contribution in [0.15, 0.2) is 65.6 Å². The zero-order valence-corrected chi connectivity index (χ0v) is 18.5. The fraction of sp³-hybridized carbons (Fsp3) is 0.292. The molecule has 0 fully saturated rings. The van der Waals surface area contributed by atoms with Gasteiger partial charge in [-0.3, -0.25) is 9.52 Å². The largest absolute Gasteiger partial charge is 0.377 e. The Kier molecular flexibility index (Phi) is 7.99. The number of ketones is 1. The van der Waals surface area contributed by atoms with Gasteiger partial charge in [0.2, 0.25) is 0 Å². The molecule has 0 bridgehead atoms. The third-order valence-electron chi connectivity index (χ3n) is 4.85. The summed E-state index contributed by atoms with van der Waals surface area (Å²) >= 11 is 7.64. The van der Waals surface area contributed by atoms with E-state index in [9.17, 15) is 4.79 Å². The van der Waals surface area contributed by atoms with Gasteiger partial charge in [-0.1, -0.05) is 54.4 Å². The molecule has 0 unspecified atom stereocenters. The van der Waals surface area contributed by atoms with Crippen LogP contribution >= 0.6 is 23.5 Å². The number of carbonyl (C=O) groups excluding carboxylic acids is 1. The molecule has 3 nitrogen and oxygen atoms in total. The predicted molar refractivity (Wildman–Crippen MR) is 126 cm³/mol. The van der Waals surface area contributed by atoms with Gasteiger partial charge in [0.25, 0.3) is 0 Å². The van der Waals surface area contributed by atoms with Crippen LogP contribution in [0.4, 0.5) is 5.69 Å². The molecule has 29 heavy (non-hydrogen) atoms. The van der Waals surface area contributed by atoms with Crippen molar-refractivity contribution in [1.82, 2.24) is 4.72 Å². The first-order chi connectivity index (χ1) is 14.1. The van der Waals surface area contributed by atoms with Gasteiger partial charge in [-0.05, 0) is 54.4 Å². The normalized spacial score (nSPS) is 11.0. The summed E-state index contributed by atoms with van der Waals surface area (Å²) in [5, 5.41) is 3.15. The molecule has 3 aromatic carbocycles. The number of fused-ring (bicyclic) bond motifs is 1. The van der Waals surface area contributed by atoms with Crippen LogP contribution in [0.25, 0.3) is 10.8 Å². The van der Waals surface area contributed by atoms with Crippen LogP contribution in [0.3, 0.4) is 0 Å². The van der Waals surface area contributed by atoms with Gasteiger partial charge in [0, 0.05) is 53.6 Å². The van der Waals surface area contributed by atoms with Gasteiger partial charge in [-0.2, -0.15) is 0 Å². The molecule has 0 aliphatic rings. The molecular weight excluding hydrogens is 400 g/mol. The predicted octanol–water partition coefficient (Wildman–Crippen LogP) is 6.60. The lowest BCUT2D eigenvalue weighted by molar-refractivity contribution is 0.0979. The summed E-state index contributed by atoms with van der Waals surface area (Å²) < 4.78 is 3.47. The van der Waals surface area contributed by atoms with E-state index in [0.717, 1.165) is 25.8 Å². The van der Waals surface area contributed by atoms with Crippen LogP contribution < -0.4 is 9.62 Å². The summed E-state index contributed by atoms with van der Waals surface area (Å²) in [7, 11) is 4.15. The molecule has 0 aliphatic heterocycles. The number of anilines is 1. The maximum absolute atomic E-state index is 12.2. The Morgan fingerprint density at radius 2 is 1.72 bits per heavy atom. The molecule has 0 saturated heterocycles. The Balaban J connectivity index is 1.42. The number of rotatable bonds is 10. The molecule has 0 heterocycles. The van der Waals surface area contributed by atoms with Crippen molar-refractivity contribution in [2.75, 3.05) is 25.5 Å². The third-order valence-corrected chi connectivity index (χ3v) is 6.01. The van der Waals surface area contributed by atoms with E-state index in [2.05, 4.69) is 60.1 Å². The number of nitrogens with zero attached hydrogens (tertiary/aromatic N) is 1. The molecule has 152 valence electrons. The van der Waals surface area contributed by atoms with Crippen LogP contribution in [-0.2, 0) is 0 Å². The standard InChI is InChI=1S/C24H27ClN2OS/c1-27(2)22-13-7-12-21-20(22)11-8-15-24(21)29-26-16-5-3-4-14-23(28)18-9-6-10-19(25)17-18/h6-13,15,17,26H,3-5,14,16H2,1-2H3. The Bertz CT molecular complexity index is 974. The van der Waals surface area contributed by atoms with Crippen molar-refractivity contribution in [1.29, 1.82) is 0 Å². The maximum atomic E-state index is 12.2. The lowest BCUT2D eigenvalue weighted by Gasteiger charge is -2.16. The quantitative estimate of drug-likeness (QED) is 0.225. The molecule has 0 spiro atoms. The Labute approximate surface area is 182 Å². The van der Waals surface area contributed by atoms with Crippen molar-refractivity contribution in [2.45, 2.75) is 30.6 Å². The second-order valence-corrected chi connectivity index (χ2v) is 8.63. The molecule has 0 amide bonds. The topological polar surface area (TPSA) is 32.3 Å². The minimum absolute atomic E-state index is 0.169. The Morgan fingerprint density at radius 3 is 2.52 bits per heavy atom. The van der Waals surface area contributed by atoms with Crippen molar-refractivity contribution >= 4 is 45.8 Å². The average Bonchev–Trinajstić information content (AvgIpc) is 2.72. The van der Waals surface area contributed by atoms with Gasteiger partial charge in [-0.25, -0.2) is 0 Å². The summed E-state index contributed by atoms with van der Waals surface area (Å²) in [6, 6.07) is 20.1. The number of hydrogen-bond donors (Lipinski definition) is 1. The van der Waals surface area contributed by atoms with Crippen molar-refractivity contribution in [3.05, 3.63) is 71.2 Å². The van der Waals surface area contributed by atoms with E-state index >= 15 is 0 Å². The summed E-state index contributed by atoms with van der Waals surface area (Å²) in [5.41, 5.74) is 1.94. The van der Waals surface area contributed by atoms with Crippen molar-refractivity contribution in [3.8, 4) is 0 Å². The van der Waals surface area contributed by atoms with Crippen molar-refractivity contribution in [3.63, 3.8) is 0 Å². The second-order valence-electron chi connectivity index (χ2n) is 7.26. The van der Waals surface area contributed by atoms with Crippen molar-refractivity contribution < 1.29 is 4.79 Å². The minimum Gasteiger partial charge on any atom is -0.377 e. The first-order valence-electron chi connectivity index (χ1n) is 9.94. The van der Waals surface area contributed by atoms with Gasteiger partial charge in [0.1, 0.15) is 0 Å². The molecule has 3 rings (SSSR count). The van der Waals surface area contributed by atoms with Crippen LogP contribution in [0.1, 0.15) is 36.0 Å². The molecule has 1 N–H and O–H groups in total. The van der Waals surface area contributed by atoms with Crippen molar-refractivity contribution in [2.24, 2.45) is 0 Å². The highest BCUT2D eigenvalue weighted by Crippen LogP contribution is 2.31. The average molecular weight is 427 g/mol. The second kappa shape index (κ2) is 10.7. The molecule has 5 heteroatoms. The van der Waals surface area contributed by atoms with Crippen LogP contribution in [0.2, 0.25) is 5.02 Å². The fourth-order valence-electron chi connectivity index (χ4n) is 3.34. The zero-order chi connectivity index (χ0) is 20.6. The number of hydrogen-bond acceptors (Lipinski definition) is 4. The summed E-state index contributed by atoms with van der Waals surface area (Å²) in [6.07, 6.45) is 3.55. The first-order valence-corrected chi connectivity index (χ1v) is 11.1. The number of Topliss-reactive ketones (excluding diaryl/α,β-unsaturated/α-hetero) is 1. The highest BCUT2D eigenvalue weighted by molar-refractivity contribution is 7.97. The number of nitrogens with one attached hydrogen (secondary N) is 1. The zero-order valence-electron chi connectivity index (χ0n) is 17.0. The van der Waals surface area contributed by atoms with E-state index in [0.29, 0.717) is 17.0 Å². The monoisotopic (exact) mass is 426 g/mol. The maximum Gasteiger partial charge on any atom is 0.162 e. The molecule has 0 radical (unpaired) electrons. The summed E-state index contributed by atoms with van der Waals surface area (Å²) in [4.78, 5) is 15.6. The molecule has 0 saturated carbocycles. The number of unbranched alkanes of at least 4 members (excludes halogenated alkanes) is 2. The van der Waals surface area contributed by atoms with Crippen LogP contribution in [-0.4, -0.2) is 26.4 Å². The van der Waals surface area contributed by atoms with E-state index in [1.54, 1.807) is 24.1 Å². The molecule has 0 aliphatic carbocycles. The summed E-state index contributed by atoms with van der Waals surface area (Å²) in [5.74, 6) is 0.169. The number of carbonyl (C=O) groups is 1. The van der Waals surface area contributed by atoms with Gasteiger partial charge in [0.05, 0.1) is 0 Å². The smallest absolute Gasteiger partial charge is 0.162 e. The number of benzene rings is 3. The number of halogens is 1. The van der Waals surface area contributed by atoms with E-state index in [4.69, 9.17) is 11.6 Å². The van der Waals surface area contributed by atoms with Crippen LogP contribution in [0, 0.1) is 0 Å². The Morgan fingerprint density at radius 1 is 0.966 bits per heavy atom. The fourth-order valence-corrected chi connectivity index (χ4v) is 4.36. The van der Waals surface area contributed by atoms with E-state index in [1.807, 2.05) is 12.1 Å². The van der Waals surface area contributed by atoms with Gasteiger partial charge in [0.15, 0.2) is 5.78 Å². The first kappa shape index (κ1) is 21.7. The van der Waals surface area contributed by atoms with E-state index in [-0.39, 0.29) is 5.78 Å². The highest BCUT2D eigenvalue weighted by Gasteiger charge is 2.07. The minimum atomic E-state index is 0.169. The highest BCUT2D eigenvalue weighted by atomic mass is 35.5. The van der Waals surface area contributed by atoms with E-state index < -0.39 is 0 Å². The van der Waals surface area contributed by atoms with E-state index in [1.165, 1.54) is 21.4 Å². The molecule has 0 aromatic heterocycles. The lowest BCUT2D eigenvalue weighted by atomic mass is 10.0. The summed E-state index contributed by atoms with van der Waals surface area (Å²) in [6.45, 7) is 0.916. The van der Waals surface area contributed by atoms with Gasteiger partial charge < -0.3 is 4.90 Å². The molecular formula is C24H27ClN2OS. The van der Waals surface area contributed by atoms with Gasteiger partial charge >= 0.3 is 0 Å². The molecule has 3 aromatic rings. The third kappa shape index (κ3) is 5.99. The van der Waals surface area contributed by atoms with Crippen LogP contribution in [0.5, 0.6) is 0 Å².